The molecule has 2 atom stereocenters. The molecular weight excluding hydrogens is 293 g/mol. The van der Waals surface area contributed by atoms with E-state index in [9.17, 15) is 14.0 Å². The molecule has 19 heavy (non-hydrogen) atoms. The van der Waals surface area contributed by atoms with Crippen molar-refractivity contribution in [1.29, 1.82) is 0 Å². The van der Waals surface area contributed by atoms with Crippen LogP contribution in [0.4, 0.5) is 4.39 Å². The van der Waals surface area contributed by atoms with E-state index in [1.807, 2.05) is 0 Å². The minimum Gasteiger partial charge on any atom is -0.593 e. The number of nitrogens with zero attached hydrogens (tertiary/aromatic N) is 1. The van der Waals surface area contributed by atoms with Crippen molar-refractivity contribution in [3.63, 3.8) is 0 Å². The van der Waals surface area contributed by atoms with Gasteiger partial charge in [-0.05, 0) is 24.1 Å². The van der Waals surface area contributed by atoms with Crippen LogP contribution in [-0.2, 0) is 18.0 Å². The Kier molecular flexibility index (Phi) is 4.70. The van der Waals surface area contributed by atoms with Gasteiger partial charge in [0.15, 0.2) is 4.90 Å². The molecule has 4 nitrogen and oxygen atoms in total. The van der Waals surface area contributed by atoms with E-state index in [4.69, 9.17) is 16.7 Å². The van der Waals surface area contributed by atoms with Crippen molar-refractivity contribution < 1.29 is 19.2 Å². The van der Waals surface area contributed by atoms with E-state index < -0.39 is 23.6 Å². The summed E-state index contributed by atoms with van der Waals surface area (Å²) in [5, 5.41) is 19.2. The van der Waals surface area contributed by atoms with Gasteiger partial charge in [-0.15, -0.1) is 4.31 Å². The van der Waals surface area contributed by atoms with E-state index in [1.165, 1.54) is 18.2 Å². The van der Waals surface area contributed by atoms with Gasteiger partial charge in [0.05, 0.1) is 29.5 Å². The molecule has 1 fully saturated rings. The minimum atomic E-state index is -1.52. The quantitative estimate of drug-likeness (QED) is 0.822. The van der Waals surface area contributed by atoms with Gasteiger partial charge in [0.1, 0.15) is 12.3 Å². The monoisotopic (exact) mass is 307 g/mol. The number of alkyl halides is 1. The van der Waals surface area contributed by atoms with Crippen molar-refractivity contribution in [2.75, 3.05) is 19.7 Å². The second kappa shape index (κ2) is 5.95. The van der Waals surface area contributed by atoms with E-state index in [0.29, 0.717) is 23.4 Å². The normalized spacial score (nSPS) is 25.7. The summed E-state index contributed by atoms with van der Waals surface area (Å²) >= 11 is 4.47. The Morgan fingerprint density at radius 2 is 2.26 bits per heavy atom. The maximum absolute atomic E-state index is 12.5. The second-order valence-electron chi connectivity index (χ2n) is 4.64. The fraction of sp³-hybridized carbons (Fsp3) is 0.500. The number of hydrogen-bond acceptors (Lipinski definition) is 4. The predicted molar refractivity (Wildman–Crippen MR) is 70.9 cm³/mol. The summed E-state index contributed by atoms with van der Waals surface area (Å²) in [5.41, 5.74) is -0.778. The van der Waals surface area contributed by atoms with E-state index >= 15 is 0 Å². The van der Waals surface area contributed by atoms with Crippen molar-refractivity contribution in [2.45, 2.75) is 23.6 Å². The van der Waals surface area contributed by atoms with E-state index in [1.54, 1.807) is 4.31 Å². The lowest BCUT2D eigenvalue weighted by molar-refractivity contribution is -0.000727. The number of benzene rings is 1. The number of aliphatic hydroxyl groups excluding tert-OH is 1. The molecule has 1 aliphatic rings. The van der Waals surface area contributed by atoms with Crippen LogP contribution in [0.25, 0.3) is 0 Å². The first-order valence-corrected chi connectivity index (χ1v) is 7.32. The van der Waals surface area contributed by atoms with Gasteiger partial charge in [-0.1, -0.05) is 17.7 Å². The van der Waals surface area contributed by atoms with Crippen molar-refractivity contribution in [3.05, 3.63) is 28.8 Å². The molecular formula is C12H15ClFNO3S. The summed E-state index contributed by atoms with van der Waals surface area (Å²) < 4.78 is 26.4. The number of aliphatic hydroxyl groups is 2. The van der Waals surface area contributed by atoms with Gasteiger partial charge in [-0.3, -0.25) is 0 Å². The molecule has 1 saturated heterocycles. The zero-order valence-electron chi connectivity index (χ0n) is 10.2. The first-order chi connectivity index (χ1) is 8.99. The Labute approximate surface area is 119 Å². The van der Waals surface area contributed by atoms with Gasteiger partial charge in [0.25, 0.3) is 0 Å². The first kappa shape index (κ1) is 15.0. The van der Waals surface area contributed by atoms with Crippen LogP contribution in [0.15, 0.2) is 23.1 Å². The average Bonchev–Trinajstić information content (AvgIpc) is 2.81. The molecule has 0 spiro atoms. The SMILES string of the molecule is [O-][S+](c1ccc(CF)cc1Cl)N1CCC(O)(CO)C1. The summed E-state index contributed by atoms with van der Waals surface area (Å²) in [5.74, 6) is 0. The molecule has 0 radical (unpaired) electrons. The number of β-amino-alcohol motifs (C(OH)–C–C–N with tert-alkyl or cyclic N) is 1. The molecule has 1 heterocycles. The van der Waals surface area contributed by atoms with Gasteiger partial charge >= 0.3 is 0 Å². The third-order valence-corrected chi connectivity index (χ3v) is 5.10. The van der Waals surface area contributed by atoms with E-state index in [-0.39, 0.29) is 18.2 Å². The first-order valence-electron chi connectivity index (χ1n) is 5.83. The summed E-state index contributed by atoms with van der Waals surface area (Å²) in [6, 6.07) is 4.51. The highest BCUT2D eigenvalue weighted by atomic mass is 35.5. The van der Waals surface area contributed by atoms with Crippen LogP contribution in [0.1, 0.15) is 12.0 Å². The van der Waals surface area contributed by atoms with Crippen molar-refractivity contribution >= 4 is 23.0 Å². The van der Waals surface area contributed by atoms with Crippen LogP contribution in [0.5, 0.6) is 0 Å². The Morgan fingerprint density at radius 1 is 1.53 bits per heavy atom. The molecule has 0 amide bonds. The van der Waals surface area contributed by atoms with Crippen LogP contribution in [0.3, 0.4) is 0 Å². The van der Waals surface area contributed by atoms with Gasteiger partial charge in [0, 0.05) is 6.54 Å². The van der Waals surface area contributed by atoms with Crippen LogP contribution in [0.2, 0.25) is 5.02 Å². The molecule has 7 heteroatoms. The Morgan fingerprint density at radius 3 is 2.79 bits per heavy atom. The molecule has 0 saturated carbocycles. The summed E-state index contributed by atoms with van der Waals surface area (Å²) in [7, 11) is 0. The zero-order chi connectivity index (χ0) is 14.0. The van der Waals surface area contributed by atoms with E-state index in [0.717, 1.165) is 0 Å². The van der Waals surface area contributed by atoms with Crippen LogP contribution >= 0.6 is 11.6 Å². The lowest BCUT2D eigenvalue weighted by atomic mass is 10.1. The van der Waals surface area contributed by atoms with Crippen molar-refractivity contribution in [2.24, 2.45) is 0 Å². The Hall–Kier alpha value is -0.370. The van der Waals surface area contributed by atoms with Gasteiger partial charge in [-0.25, -0.2) is 4.39 Å². The van der Waals surface area contributed by atoms with Gasteiger partial charge in [0.2, 0.25) is 0 Å². The maximum Gasteiger partial charge on any atom is 0.192 e. The molecule has 0 bridgehead atoms. The topological polar surface area (TPSA) is 66.8 Å². The lowest BCUT2D eigenvalue weighted by Crippen LogP contribution is -2.38. The minimum absolute atomic E-state index is 0.122. The zero-order valence-corrected chi connectivity index (χ0v) is 11.8. The molecule has 2 N–H and O–H groups in total. The lowest BCUT2D eigenvalue weighted by Gasteiger charge is -2.22. The van der Waals surface area contributed by atoms with Crippen molar-refractivity contribution in [1.82, 2.24) is 4.31 Å². The predicted octanol–water partition coefficient (Wildman–Crippen LogP) is 1.26. The fourth-order valence-electron chi connectivity index (χ4n) is 2.00. The second-order valence-corrected chi connectivity index (χ2v) is 6.51. The highest BCUT2D eigenvalue weighted by Gasteiger charge is 2.42. The Balaban J connectivity index is 2.14. The third kappa shape index (κ3) is 3.21. The molecule has 2 rings (SSSR count). The highest BCUT2D eigenvalue weighted by Crippen LogP contribution is 2.31. The number of rotatable bonds is 4. The Bertz CT molecular complexity index is 465. The standard InChI is InChI=1S/C12H15ClFNO3S/c13-10-5-9(6-14)1-2-11(10)19(18)15-4-3-12(17,7-15)8-16/h1-2,5,16-17H,3-4,6-8H2. The number of hydrogen-bond donors (Lipinski definition) is 2. The maximum atomic E-state index is 12.5. The molecule has 0 aromatic heterocycles. The molecule has 2 unspecified atom stereocenters. The smallest absolute Gasteiger partial charge is 0.192 e. The largest absolute Gasteiger partial charge is 0.593 e. The fourth-order valence-corrected chi connectivity index (χ4v) is 3.70. The third-order valence-electron chi connectivity index (χ3n) is 3.16. The summed E-state index contributed by atoms with van der Waals surface area (Å²) in [6.07, 6.45) is 0.357. The van der Waals surface area contributed by atoms with Crippen LogP contribution in [0, 0.1) is 0 Å². The molecule has 0 aliphatic carbocycles. The van der Waals surface area contributed by atoms with Crippen LogP contribution in [-0.4, -0.2) is 44.4 Å². The molecule has 106 valence electrons. The van der Waals surface area contributed by atoms with Crippen molar-refractivity contribution in [3.8, 4) is 0 Å². The van der Waals surface area contributed by atoms with E-state index in [2.05, 4.69) is 0 Å². The van der Waals surface area contributed by atoms with Gasteiger partial charge in [-0.2, -0.15) is 0 Å². The highest BCUT2D eigenvalue weighted by molar-refractivity contribution is 7.89. The molecule has 1 aromatic rings. The summed E-state index contributed by atoms with van der Waals surface area (Å²) in [4.78, 5) is 0.390. The average molecular weight is 308 g/mol. The van der Waals surface area contributed by atoms with Crippen LogP contribution < -0.4 is 0 Å². The summed E-state index contributed by atoms with van der Waals surface area (Å²) in [6.45, 7) is -0.460. The molecule has 1 aliphatic heterocycles. The number of halogens is 2. The molecule has 1 aromatic carbocycles. The van der Waals surface area contributed by atoms with Gasteiger partial charge < -0.3 is 14.8 Å².